The first kappa shape index (κ1) is 12.0. The van der Waals surface area contributed by atoms with E-state index >= 15 is 0 Å². The van der Waals surface area contributed by atoms with E-state index in [4.69, 9.17) is 5.11 Å². The first-order chi connectivity index (χ1) is 6.80. The fourth-order valence-corrected chi connectivity index (χ4v) is 1.28. The predicted octanol–water partition coefficient (Wildman–Crippen LogP) is 1.40. The molecule has 1 aliphatic rings. The van der Waals surface area contributed by atoms with Crippen molar-refractivity contribution in [3.8, 4) is 0 Å². The van der Waals surface area contributed by atoms with E-state index in [9.17, 15) is 9.59 Å². The maximum absolute atomic E-state index is 11.6. The number of hydrogen-bond donors (Lipinski definition) is 2. The monoisotopic (exact) mass is 213 g/mol. The molecule has 1 amide bonds. The number of aliphatic carboxylic acids is 1. The third kappa shape index (κ3) is 3.90. The van der Waals surface area contributed by atoms with Crippen molar-refractivity contribution < 1.29 is 14.7 Å². The lowest BCUT2D eigenvalue weighted by atomic mass is 9.95. The second kappa shape index (κ2) is 4.21. The number of carbonyl (C=O) groups excluding carboxylic acids is 1. The maximum atomic E-state index is 11.6. The van der Waals surface area contributed by atoms with E-state index in [2.05, 4.69) is 5.32 Å². The van der Waals surface area contributed by atoms with Crippen LogP contribution in [0.1, 0.15) is 40.0 Å². The fraction of sp³-hybridized carbons (Fsp3) is 0.818. The van der Waals surface area contributed by atoms with Gasteiger partial charge in [0, 0.05) is 5.41 Å². The summed E-state index contributed by atoms with van der Waals surface area (Å²) in [5.41, 5.74) is -0.531. The van der Waals surface area contributed by atoms with Gasteiger partial charge in [0.25, 0.3) is 0 Å². The lowest BCUT2D eigenvalue weighted by molar-refractivity contribution is -0.143. The number of carboxylic acid groups (broad SMARTS) is 1. The standard InChI is InChI=1S/C11H19NO3/c1-11(2,3)10(15)12-8(9(13)14)6-7-4-5-7/h7-8H,4-6H2,1-3H3,(H,12,15)(H,13,14). The average molecular weight is 213 g/mol. The number of carboxylic acids is 1. The van der Waals surface area contributed by atoms with Crippen molar-refractivity contribution in [1.29, 1.82) is 0 Å². The molecule has 0 aliphatic heterocycles. The molecule has 0 spiro atoms. The van der Waals surface area contributed by atoms with E-state index in [-0.39, 0.29) is 5.91 Å². The Morgan fingerprint density at radius 1 is 1.40 bits per heavy atom. The van der Waals surface area contributed by atoms with Gasteiger partial charge in [-0.05, 0) is 12.3 Å². The number of amides is 1. The van der Waals surface area contributed by atoms with Gasteiger partial charge < -0.3 is 10.4 Å². The van der Waals surface area contributed by atoms with Crippen molar-refractivity contribution in [2.45, 2.75) is 46.1 Å². The quantitative estimate of drug-likeness (QED) is 0.741. The summed E-state index contributed by atoms with van der Waals surface area (Å²) in [6.07, 6.45) is 2.75. The molecule has 0 aromatic carbocycles. The fourth-order valence-electron chi connectivity index (χ4n) is 1.28. The molecule has 0 bridgehead atoms. The van der Waals surface area contributed by atoms with Crippen LogP contribution in [0.2, 0.25) is 0 Å². The molecular weight excluding hydrogens is 194 g/mol. The maximum Gasteiger partial charge on any atom is 0.326 e. The van der Waals surface area contributed by atoms with Gasteiger partial charge in [-0.2, -0.15) is 0 Å². The Kier molecular flexibility index (Phi) is 3.37. The molecule has 1 unspecified atom stereocenters. The summed E-state index contributed by atoms with van der Waals surface area (Å²) in [4.78, 5) is 22.5. The number of rotatable bonds is 4. The minimum Gasteiger partial charge on any atom is -0.480 e. The first-order valence-electron chi connectivity index (χ1n) is 5.34. The Labute approximate surface area is 90.0 Å². The van der Waals surface area contributed by atoms with Gasteiger partial charge in [0.15, 0.2) is 0 Å². The molecular formula is C11H19NO3. The minimum atomic E-state index is -0.931. The van der Waals surface area contributed by atoms with Crippen molar-refractivity contribution >= 4 is 11.9 Å². The third-order valence-electron chi connectivity index (χ3n) is 2.55. The summed E-state index contributed by atoms with van der Waals surface area (Å²) in [7, 11) is 0. The molecule has 0 heterocycles. The van der Waals surface area contributed by atoms with Crippen molar-refractivity contribution in [1.82, 2.24) is 5.32 Å². The van der Waals surface area contributed by atoms with E-state index in [0.717, 1.165) is 12.8 Å². The Morgan fingerprint density at radius 3 is 2.27 bits per heavy atom. The Morgan fingerprint density at radius 2 is 1.93 bits per heavy atom. The molecule has 86 valence electrons. The Balaban J connectivity index is 2.50. The van der Waals surface area contributed by atoms with Crippen molar-refractivity contribution in [3.63, 3.8) is 0 Å². The lowest BCUT2D eigenvalue weighted by Crippen LogP contribution is -2.45. The number of carbonyl (C=O) groups is 2. The van der Waals surface area contributed by atoms with Crippen molar-refractivity contribution in [3.05, 3.63) is 0 Å². The predicted molar refractivity (Wildman–Crippen MR) is 56.4 cm³/mol. The summed E-state index contributed by atoms with van der Waals surface area (Å²) in [6.45, 7) is 5.33. The summed E-state index contributed by atoms with van der Waals surface area (Å²) in [6, 6.07) is -0.718. The van der Waals surface area contributed by atoms with Crippen LogP contribution >= 0.6 is 0 Å². The van der Waals surface area contributed by atoms with Crippen molar-refractivity contribution in [2.24, 2.45) is 11.3 Å². The topological polar surface area (TPSA) is 66.4 Å². The zero-order valence-electron chi connectivity index (χ0n) is 9.54. The van der Waals surface area contributed by atoms with Crippen LogP contribution in [-0.4, -0.2) is 23.0 Å². The molecule has 4 heteroatoms. The zero-order valence-corrected chi connectivity index (χ0v) is 9.54. The molecule has 1 atom stereocenters. The molecule has 1 fully saturated rings. The van der Waals surface area contributed by atoms with E-state index in [1.165, 1.54) is 0 Å². The normalized spacial score (nSPS) is 18.3. The van der Waals surface area contributed by atoms with Gasteiger partial charge in [0.2, 0.25) is 5.91 Å². The van der Waals surface area contributed by atoms with Crippen LogP contribution in [0.15, 0.2) is 0 Å². The van der Waals surface area contributed by atoms with E-state index < -0.39 is 17.4 Å². The highest BCUT2D eigenvalue weighted by molar-refractivity contribution is 5.86. The molecule has 0 aromatic rings. The van der Waals surface area contributed by atoms with Crippen LogP contribution in [0.4, 0.5) is 0 Å². The highest BCUT2D eigenvalue weighted by atomic mass is 16.4. The van der Waals surface area contributed by atoms with Gasteiger partial charge in [0.1, 0.15) is 6.04 Å². The molecule has 1 aliphatic carbocycles. The summed E-state index contributed by atoms with van der Waals surface area (Å²) < 4.78 is 0. The smallest absolute Gasteiger partial charge is 0.326 e. The number of nitrogens with one attached hydrogen (secondary N) is 1. The molecule has 1 rings (SSSR count). The average Bonchev–Trinajstić information content (AvgIpc) is 2.84. The molecule has 0 radical (unpaired) electrons. The molecule has 4 nitrogen and oxygen atoms in total. The van der Waals surface area contributed by atoms with Gasteiger partial charge in [-0.25, -0.2) is 4.79 Å². The third-order valence-corrected chi connectivity index (χ3v) is 2.55. The van der Waals surface area contributed by atoms with Crippen LogP contribution < -0.4 is 5.32 Å². The van der Waals surface area contributed by atoms with Crippen LogP contribution in [0, 0.1) is 11.3 Å². The molecule has 2 N–H and O–H groups in total. The number of hydrogen-bond acceptors (Lipinski definition) is 2. The Hall–Kier alpha value is -1.06. The van der Waals surface area contributed by atoms with Crippen LogP contribution in [0.5, 0.6) is 0 Å². The van der Waals surface area contributed by atoms with E-state index in [1.54, 1.807) is 20.8 Å². The van der Waals surface area contributed by atoms with Gasteiger partial charge in [-0.15, -0.1) is 0 Å². The summed E-state index contributed by atoms with van der Waals surface area (Å²) in [5.74, 6) is -0.638. The Bertz CT molecular complexity index is 263. The van der Waals surface area contributed by atoms with E-state index in [0.29, 0.717) is 12.3 Å². The lowest BCUT2D eigenvalue weighted by Gasteiger charge is -2.21. The highest BCUT2D eigenvalue weighted by Gasteiger charge is 2.32. The molecule has 0 saturated heterocycles. The molecule has 0 aromatic heterocycles. The largest absolute Gasteiger partial charge is 0.480 e. The van der Waals surface area contributed by atoms with Crippen LogP contribution in [-0.2, 0) is 9.59 Å². The summed E-state index contributed by atoms with van der Waals surface area (Å²) in [5, 5.41) is 11.5. The van der Waals surface area contributed by atoms with Crippen LogP contribution in [0.3, 0.4) is 0 Å². The SMILES string of the molecule is CC(C)(C)C(=O)NC(CC1CC1)C(=O)O. The van der Waals surface area contributed by atoms with E-state index in [1.807, 2.05) is 0 Å². The molecule has 1 saturated carbocycles. The molecule has 15 heavy (non-hydrogen) atoms. The van der Waals surface area contributed by atoms with Gasteiger partial charge in [0.05, 0.1) is 0 Å². The van der Waals surface area contributed by atoms with Gasteiger partial charge in [-0.1, -0.05) is 33.6 Å². The zero-order chi connectivity index (χ0) is 11.6. The highest BCUT2D eigenvalue weighted by Crippen LogP contribution is 2.33. The van der Waals surface area contributed by atoms with Gasteiger partial charge >= 0.3 is 5.97 Å². The summed E-state index contributed by atoms with van der Waals surface area (Å²) >= 11 is 0. The second-order valence-electron chi connectivity index (χ2n) is 5.29. The minimum absolute atomic E-state index is 0.199. The first-order valence-corrected chi connectivity index (χ1v) is 5.34. The van der Waals surface area contributed by atoms with Gasteiger partial charge in [-0.3, -0.25) is 4.79 Å². The second-order valence-corrected chi connectivity index (χ2v) is 5.29. The van der Waals surface area contributed by atoms with Crippen molar-refractivity contribution in [2.75, 3.05) is 0 Å². The van der Waals surface area contributed by atoms with Crippen LogP contribution in [0.25, 0.3) is 0 Å².